The number of ether oxygens (including phenoxy) is 1. The van der Waals surface area contributed by atoms with E-state index in [0.29, 0.717) is 11.3 Å². The smallest absolute Gasteiger partial charge is 0.450 e. The van der Waals surface area contributed by atoms with E-state index in [1.807, 2.05) is 24.3 Å². The molecular weight excluding hydrogens is 346 g/mol. The van der Waals surface area contributed by atoms with Crippen molar-refractivity contribution in [2.75, 3.05) is 11.9 Å². The first-order valence-corrected chi connectivity index (χ1v) is 8.36. The summed E-state index contributed by atoms with van der Waals surface area (Å²) in [5.74, 6) is -0.729. The van der Waals surface area contributed by atoms with E-state index < -0.39 is 12.1 Å². The molecule has 3 aromatic rings. The normalized spacial score (nSPS) is 11.7. The molecule has 0 unspecified atom stereocenters. The van der Waals surface area contributed by atoms with Crippen LogP contribution in [0.15, 0.2) is 60.9 Å². The van der Waals surface area contributed by atoms with Crippen LogP contribution in [0, 0.1) is 0 Å². The summed E-state index contributed by atoms with van der Waals surface area (Å²) >= 11 is 0. The number of nitrogens with zero attached hydrogens (tertiary/aromatic N) is 1. The summed E-state index contributed by atoms with van der Waals surface area (Å²) in [6.45, 7) is 0.107. The predicted molar refractivity (Wildman–Crippen MR) is 101 cm³/mol. The third kappa shape index (κ3) is 4.59. The second-order valence-corrected chi connectivity index (χ2v) is 6.01. The van der Waals surface area contributed by atoms with Crippen LogP contribution in [0.5, 0.6) is 0 Å². The van der Waals surface area contributed by atoms with Crippen molar-refractivity contribution < 1.29 is 19.4 Å². The van der Waals surface area contributed by atoms with Gasteiger partial charge in [-0.25, -0.2) is 4.79 Å². The molecule has 0 radical (unpaired) electrons. The van der Waals surface area contributed by atoms with E-state index >= 15 is 0 Å². The number of fused-ring (bicyclic) bond motifs is 1. The Balaban J connectivity index is 1.72. The fraction of sp³-hybridized carbons (Fsp3) is 0.150. The zero-order chi connectivity index (χ0) is 19.2. The maximum Gasteiger partial charge on any atom is 0.506 e. The molecule has 3 rings (SSSR count). The Morgan fingerprint density at radius 2 is 1.89 bits per heavy atom. The van der Waals surface area contributed by atoms with Crippen molar-refractivity contribution in [2.24, 2.45) is 5.73 Å². The van der Waals surface area contributed by atoms with Gasteiger partial charge in [-0.3, -0.25) is 9.78 Å². The van der Waals surface area contributed by atoms with Gasteiger partial charge in [0.05, 0.1) is 5.92 Å². The van der Waals surface area contributed by atoms with Gasteiger partial charge in [0.1, 0.15) is 6.61 Å². The molecule has 0 bridgehead atoms. The largest absolute Gasteiger partial charge is 0.506 e. The molecule has 27 heavy (non-hydrogen) atoms. The zero-order valence-corrected chi connectivity index (χ0v) is 14.5. The minimum Gasteiger partial charge on any atom is -0.450 e. The SMILES string of the molecule is NC[C@@H](C(=O)Nc1ccc2cnccc2c1)c1ccc(COC(=O)O)cc1. The molecule has 0 saturated heterocycles. The van der Waals surface area contributed by atoms with Crippen molar-refractivity contribution in [3.05, 3.63) is 72.1 Å². The van der Waals surface area contributed by atoms with Gasteiger partial charge in [-0.2, -0.15) is 0 Å². The Labute approximate surface area is 155 Å². The van der Waals surface area contributed by atoms with Crippen LogP contribution in [0.4, 0.5) is 10.5 Å². The lowest BCUT2D eigenvalue weighted by atomic mass is 9.97. The molecule has 1 heterocycles. The summed E-state index contributed by atoms with van der Waals surface area (Å²) in [5, 5.41) is 13.4. The molecule has 7 heteroatoms. The Kier molecular flexibility index (Phi) is 5.63. The van der Waals surface area contributed by atoms with Gasteiger partial charge in [-0.15, -0.1) is 0 Å². The molecule has 1 amide bonds. The summed E-state index contributed by atoms with van der Waals surface area (Å²) in [4.78, 5) is 27.2. The molecule has 1 atom stereocenters. The standard InChI is InChI=1S/C20H19N3O4/c21-10-18(14-3-1-13(2-4-14)12-27-20(25)26)19(24)23-17-6-5-16-11-22-8-7-15(16)9-17/h1-9,11,18H,10,12,21H2,(H,23,24)(H,25,26)/t18-/m1/s1. The Morgan fingerprint density at radius 3 is 2.59 bits per heavy atom. The van der Waals surface area contributed by atoms with E-state index in [0.717, 1.165) is 16.3 Å². The van der Waals surface area contributed by atoms with Crippen LogP contribution in [0.3, 0.4) is 0 Å². The summed E-state index contributed by atoms with van der Waals surface area (Å²) in [6.07, 6.45) is 2.13. The topological polar surface area (TPSA) is 115 Å². The number of pyridine rings is 1. The van der Waals surface area contributed by atoms with Crippen LogP contribution in [0.1, 0.15) is 17.0 Å². The van der Waals surface area contributed by atoms with Gasteiger partial charge in [0.2, 0.25) is 5.91 Å². The van der Waals surface area contributed by atoms with Gasteiger partial charge in [-0.05, 0) is 34.7 Å². The van der Waals surface area contributed by atoms with E-state index in [1.165, 1.54) is 0 Å². The quantitative estimate of drug-likeness (QED) is 0.578. The first-order valence-electron chi connectivity index (χ1n) is 8.36. The monoisotopic (exact) mass is 365 g/mol. The number of carbonyl (C=O) groups excluding carboxylic acids is 1. The Bertz CT molecular complexity index is 957. The maximum absolute atomic E-state index is 12.7. The summed E-state index contributed by atoms with van der Waals surface area (Å²) < 4.78 is 4.52. The van der Waals surface area contributed by atoms with Gasteiger partial charge in [0.15, 0.2) is 0 Å². The summed E-state index contributed by atoms with van der Waals surface area (Å²) in [5.41, 5.74) is 7.94. The number of hydrogen-bond acceptors (Lipinski definition) is 5. The molecule has 2 aromatic carbocycles. The van der Waals surface area contributed by atoms with Crippen molar-refractivity contribution in [1.29, 1.82) is 0 Å². The number of anilines is 1. The van der Waals surface area contributed by atoms with Gasteiger partial charge in [0, 0.05) is 30.0 Å². The van der Waals surface area contributed by atoms with E-state index in [1.54, 1.807) is 36.7 Å². The lowest BCUT2D eigenvalue weighted by Gasteiger charge is -2.16. The van der Waals surface area contributed by atoms with Gasteiger partial charge >= 0.3 is 6.16 Å². The Hall–Kier alpha value is -3.45. The minimum atomic E-state index is -1.33. The van der Waals surface area contributed by atoms with Crippen molar-refractivity contribution in [2.45, 2.75) is 12.5 Å². The van der Waals surface area contributed by atoms with E-state index in [4.69, 9.17) is 10.8 Å². The van der Waals surface area contributed by atoms with Crippen LogP contribution >= 0.6 is 0 Å². The number of carbonyl (C=O) groups is 2. The first-order chi connectivity index (χ1) is 13.1. The highest BCUT2D eigenvalue weighted by Gasteiger charge is 2.19. The molecule has 4 N–H and O–H groups in total. The minimum absolute atomic E-state index is 0.0406. The summed E-state index contributed by atoms with van der Waals surface area (Å²) in [6, 6.07) is 14.4. The average molecular weight is 365 g/mol. The van der Waals surface area contributed by atoms with Gasteiger partial charge < -0.3 is 20.9 Å². The molecule has 0 aliphatic rings. The third-order valence-electron chi connectivity index (χ3n) is 4.20. The average Bonchev–Trinajstić information content (AvgIpc) is 2.68. The van der Waals surface area contributed by atoms with Gasteiger partial charge in [-0.1, -0.05) is 30.3 Å². The maximum atomic E-state index is 12.7. The second kappa shape index (κ2) is 8.29. The van der Waals surface area contributed by atoms with Crippen molar-refractivity contribution in [1.82, 2.24) is 4.98 Å². The van der Waals surface area contributed by atoms with E-state index in [-0.39, 0.29) is 19.1 Å². The molecule has 7 nitrogen and oxygen atoms in total. The number of carboxylic acid groups (broad SMARTS) is 1. The number of rotatable bonds is 6. The zero-order valence-electron chi connectivity index (χ0n) is 14.5. The highest BCUT2D eigenvalue weighted by molar-refractivity contribution is 5.98. The van der Waals surface area contributed by atoms with Crippen LogP contribution in [-0.2, 0) is 16.1 Å². The van der Waals surface area contributed by atoms with Crippen molar-refractivity contribution in [3.8, 4) is 0 Å². The molecule has 1 aromatic heterocycles. The Morgan fingerprint density at radius 1 is 1.11 bits per heavy atom. The number of benzene rings is 2. The predicted octanol–water partition coefficient (Wildman–Crippen LogP) is 3.11. The molecule has 138 valence electrons. The molecule has 0 aliphatic carbocycles. The summed E-state index contributed by atoms with van der Waals surface area (Å²) in [7, 11) is 0. The number of amides is 1. The van der Waals surface area contributed by atoms with E-state index in [2.05, 4.69) is 15.0 Å². The van der Waals surface area contributed by atoms with Crippen molar-refractivity contribution >= 4 is 28.5 Å². The lowest BCUT2D eigenvalue weighted by molar-refractivity contribution is -0.117. The number of aromatic nitrogens is 1. The highest BCUT2D eigenvalue weighted by Crippen LogP contribution is 2.21. The molecule has 0 fully saturated rings. The molecule has 0 saturated carbocycles. The van der Waals surface area contributed by atoms with Gasteiger partial charge in [0.25, 0.3) is 0 Å². The van der Waals surface area contributed by atoms with Crippen molar-refractivity contribution in [3.63, 3.8) is 0 Å². The molecule has 0 spiro atoms. The van der Waals surface area contributed by atoms with Crippen LogP contribution in [0.25, 0.3) is 10.8 Å². The molecule has 0 aliphatic heterocycles. The van der Waals surface area contributed by atoms with Crippen LogP contribution < -0.4 is 11.1 Å². The van der Waals surface area contributed by atoms with Crippen LogP contribution in [0.2, 0.25) is 0 Å². The van der Waals surface area contributed by atoms with Crippen LogP contribution in [-0.4, -0.2) is 28.7 Å². The lowest BCUT2D eigenvalue weighted by Crippen LogP contribution is -2.27. The third-order valence-corrected chi connectivity index (χ3v) is 4.20. The number of nitrogens with one attached hydrogen (secondary N) is 1. The molecular formula is C20H19N3O4. The number of nitrogens with two attached hydrogens (primary N) is 1. The fourth-order valence-electron chi connectivity index (χ4n) is 2.78. The van der Waals surface area contributed by atoms with E-state index in [9.17, 15) is 9.59 Å². The number of hydrogen-bond donors (Lipinski definition) is 3. The fourth-order valence-corrected chi connectivity index (χ4v) is 2.78. The first kappa shape index (κ1) is 18.3. The second-order valence-electron chi connectivity index (χ2n) is 6.01. The highest BCUT2D eigenvalue weighted by atomic mass is 16.7.